The molecular formula is C18H25N7O3. The third kappa shape index (κ3) is 3.58. The Balaban J connectivity index is 1.39. The van der Waals surface area contributed by atoms with Crippen molar-refractivity contribution in [3.63, 3.8) is 0 Å². The van der Waals surface area contributed by atoms with E-state index in [1.807, 2.05) is 4.90 Å². The SMILES string of the molecule is CCOC(=O)N1CCN(C(=O)[C@H]2CCCN(c3ncnc4nc[nH]c34)C2)CC1. The molecule has 28 heavy (non-hydrogen) atoms. The van der Waals surface area contributed by atoms with Crippen LogP contribution in [0.3, 0.4) is 0 Å². The summed E-state index contributed by atoms with van der Waals surface area (Å²) in [5.41, 5.74) is 1.44. The summed E-state index contributed by atoms with van der Waals surface area (Å²) in [4.78, 5) is 46.4. The number of carbonyl (C=O) groups excluding carboxylic acids is 2. The molecule has 2 saturated heterocycles. The molecule has 1 N–H and O–H groups in total. The molecule has 0 aromatic carbocycles. The number of nitrogens with one attached hydrogen (secondary N) is 1. The second-order valence-electron chi connectivity index (χ2n) is 7.09. The summed E-state index contributed by atoms with van der Waals surface area (Å²) in [6.45, 7) is 5.76. The van der Waals surface area contributed by atoms with Gasteiger partial charge in [0.2, 0.25) is 5.91 Å². The van der Waals surface area contributed by atoms with Crippen molar-refractivity contribution < 1.29 is 14.3 Å². The van der Waals surface area contributed by atoms with E-state index in [2.05, 4.69) is 24.8 Å². The highest BCUT2D eigenvalue weighted by Crippen LogP contribution is 2.27. The maximum Gasteiger partial charge on any atom is 0.409 e. The highest BCUT2D eigenvalue weighted by atomic mass is 16.6. The standard InChI is InChI=1S/C18H25N7O3/c1-2-28-18(27)24-8-6-23(7-9-24)17(26)13-4-3-5-25(10-13)16-14-15(20-11-19-14)21-12-22-16/h11-13H,2-10H2,1H3,(H,19,20,21,22)/t13-/m0/s1. The number of rotatable bonds is 3. The maximum absolute atomic E-state index is 13.1. The lowest BCUT2D eigenvalue weighted by Gasteiger charge is -2.39. The van der Waals surface area contributed by atoms with Crippen LogP contribution in [0.1, 0.15) is 19.8 Å². The fourth-order valence-electron chi connectivity index (χ4n) is 3.95. The summed E-state index contributed by atoms with van der Waals surface area (Å²) in [6, 6.07) is 0. The first-order valence-corrected chi connectivity index (χ1v) is 9.77. The Kier molecular flexibility index (Phi) is 5.27. The number of imidazole rings is 1. The molecule has 0 radical (unpaired) electrons. The first kappa shape index (κ1) is 18.5. The molecule has 0 saturated carbocycles. The number of aromatic nitrogens is 4. The summed E-state index contributed by atoms with van der Waals surface area (Å²) >= 11 is 0. The highest BCUT2D eigenvalue weighted by Gasteiger charge is 2.33. The molecule has 2 aromatic heterocycles. The van der Waals surface area contributed by atoms with Gasteiger partial charge in [0, 0.05) is 39.3 Å². The van der Waals surface area contributed by atoms with Crippen LogP contribution >= 0.6 is 0 Å². The van der Waals surface area contributed by atoms with Crippen LogP contribution in [0.25, 0.3) is 11.2 Å². The minimum atomic E-state index is -0.300. The van der Waals surface area contributed by atoms with Gasteiger partial charge in [0.1, 0.15) is 11.8 Å². The summed E-state index contributed by atoms with van der Waals surface area (Å²) in [5.74, 6) is 0.881. The van der Waals surface area contributed by atoms with Crippen molar-refractivity contribution in [1.29, 1.82) is 0 Å². The van der Waals surface area contributed by atoms with Gasteiger partial charge in [-0.15, -0.1) is 0 Å². The van der Waals surface area contributed by atoms with Crippen molar-refractivity contribution in [3.8, 4) is 0 Å². The fourth-order valence-corrected chi connectivity index (χ4v) is 3.95. The van der Waals surface area contributed by atoms with Crippen LogP contribution in [0, 0.1) is 5.92 Å². The number of anilines is 1. The number of fused-ring (bicyclic) bond motifs is 1. The molecule has 2 aliphatic heterocycles. The van der Waals surface area contributed by atoms with E-state index in [1.165, 1.54) is 6.33 Å². The Bertz CT molecular complexity index is 847. The molecule has 0 bridgehead atoms. The van der Waals surface area contributed by atoms with E-state index >= 15 is 0 Å². The zero-order valence-electron chi connectivity index (χ0n) is 16.0. The minimum Gasteiger partial charge on any atom is -0.450 e. The molecule has 2 fully saturated rings. The quantitative estimate of drug-likeness (QED) is 0.832. The average molecular weight is 387 g/mol. The topological polar surface area (TPSA) is 108 Å². The largest absolute Gasteiger partial charge is 0.450 e. The molecule has 150 valence electrons. The van der Waals surface area contributed by atoms with Crippen LogP contribution in [-0.2, 0) is 9.53 Å². The van der Waals surface area contributed by atoms with E-state index in [1.54, 1.807) is 18.2 Å². The summed E-state index contributed by atoms with van der Waals surface area (Å²) in [5, 5.41) is 0. The Morgan fingerprint density at radius 3 is 2.71 bits per heavy atom. The first-order valence-electron chi connectivity index (χ1n) is 9.77. The zero-order valence-corrected chi connectivity index (χ0v) is 16.0. The van der Waals surface area contributed by atoms with Crippen molar-refractivity contribution in [2.24, 2.45) is 5.92 Å². The number of carbonyl (C=O) groups is 2. The van der Waals surface area contributed by atoms with E-state index in [0.29, 0.717) is 45.0 Å². The van der Waals surface area contributed by atoms with Gasteiger partial charge in [-0.25, -0.2) is 19.7 Å². The molecule has 0 spiro atoms. The molecule has 4 heterocycles. The number of H-pyrrole nitrogens is 1. The van der Waals surface area contributed by atoms with Crippen LogP contribution in [0.2, 0.25) is 0 Å². The van der Waals surface area contributed by atoms with Crippen molar-refractivity contribution in [2.45, 2.75) is 19.8 Å². The molecule has 2 aromatic rings. The Hall–Kier alpha value is -2.91. The second-order valence-corrected chi connectivity index (χ2v) is 7.09. The molecule has 2 amide bonds. The van der Waals surface area contributed by atoms with Crippen LogP contribution in [0.5, 0.6) is 0 Å². The lowest BCUT2D eigenvalue weighted by molar-refractivity contribution is -0.137. The lowest BCUT2D eigenvalue weighted by Crippen LogP contribution is -2.53. The number of piperidine rings is 1. The normalized spacial score (nSPS) is 20.5. The minimum absolute atomic E-state index is 0.0733. The lowest BCUT2D eigenvalue weighted by atomic mass is 9.96. The van der Waals surface area contributed by atoms with E-state index in [4.69, 9.17) is 4.74 Å². The number of aromatic amines is 1. The van der Waals surface area contributed by atoms with Gasteiger partial charge in [-0.3, -0.25) is 4.79 Å². The summed E-state index contributed by atoms with van der Waals surface area (Å²) in [7, 11) is 0. The Morgan fingerprint density at radius 2 is 1.93 bits per heavy atom. The molecule has 2 aliphatic rings. The molecule has 0 unspecified atom stereocenters. The first-order chi connectivity index (χ1) is 13.7. The summed E-state index contributed by atoms with van der Waals surface area (Å²) in [6.07, 6.45) is 4.62. The molecular weight excluding hydrogens is 362 g/mol. The predicted octanol–water partition coefficient (Wildman–Crippen LogP) is 0.870. The van der Waals surface area contributed by atoms with E-state index in [0.717, 1.165) is 30.7 Å². The van der Waals surface area contributed by atoms with E-state index < -0.39 is 0 Å². The van der Waals surface area contributed by atoms with E-state index in [9.17, 15) is 9.59 Å². The van der Waals surface area contributed by atoms with Crippen molar-refractivity contribution in [1.82, 2.24) is 29.7 Å². The van der Waals surface area contributed by atoms with Crippen LogP contribution < -0.4 is 4.90 Å². The number of piperazine rings is 1. The van der Waals surface area contributed by atoms with Gasteiger partial charge in [0.25, 0.3) is 0 Å². The highest BCUT2D eigenvalue weighted by molar-refractivity contribution is 5.84. The van der Waals surface area contributed by atoms with Gasteiger partial charge in [-0.2, -0.15) is 0 Å². The van der Waals surface area contributed by atoms with Gasteiger partial charge < -0.3 is 24.4 Å². The number of amides is 2. The number of hydrogen-bond donors (Lipinski definition) is 1. The van der Waals surface area contributed by atoms with Gasteiger partial charge in [-0.1, -0.05) is 0 Å². The Labute approximate surface area is 162 Å². The number of nitrogens with zero attached hydrogens (tertiary/aromatic N) is 6. The fraction of sp³-hybridized carbons (Fsp3) is 0.611. The number of hydrogen-bond acceptors (Lipinski definition) is 7. The van der Waals surface area contributed by atoms with Crippen molar-refractivity contribution >= 4 is 29.0 Å². The predicted molar refractivity (Wildman–Crippen MR) is 102 cm³/mol. The summed E-state index contributed by atoms with van der Waals surface area (Å²) < 4.78 is 5.04. The van der Waals surface area contributed by atoms with Gasteiger partial charge >= 0.3 is 6.09 Å². The third-order valence-corrected chi connectivity index (χ3v) is 5.39. The van der Waals surface area contributed by atoms with Crippen molar-refractivity contribution in [2.75, 3.05) is 50.8 Å². The molecule has 10 heteroatoms. The van der Waals surface area contributed by atoms with Crippen LogP contribution in [0.15, 0.2) is 12.7 Å². The van der Waals surface area contributed by atoms with Gasteiger partial charge in [0.05, 0.1) is 18.9 Å². The monoisotopic (exact) mass is 387 g/mol. The molecule has 4 rings (SSSR count). The third-order valence-electron chi connectivity index (χ3n) is 5.39. The van der Waals surface area contributed by atoms with Crippen LogP contribution in [-0.4, -0.2) is 87.6 Å². The van der Waals surface area contributed by atoms with Gasteiger partial charge in [-0.05, 0) is 19.8 Å². The second kappa shape index (κ2) is 7.99. The molecule has 1 atom stereocenters. The van der Waals surface area contributed by atoms with Gasteiger partial charge in [0.15, 0.2) is 11.5 Å². The number of ether oxygens (including phenoxy) is 1. The van der Waals surface area contributed by atoms with Crippen molar-refractivity contribution in [3.05, 3.63) is 12.7 Å². The zero-order chi connectivity index (χ0) is 19.5. The molecule has 10 nitrogen and oxygen atoms in total. The molecule has 0 aliphatic carbocycles. The average Bonchev–Trinajstić information content (AvgIpc) is 3.22. The van der Waals surface area contributed by atoms with E-state index in [-0.39, 0.29) is 17.9 Å². The smallest absolute Gasteiger partial charge is 0.409 e. The van der Waals surface area contributed by atoms with Crippen LogP contribution in [0.4, 0.5) is 10.6 Å². The maximum atomic E-state index is 13.1. The Morgan fingerprint density at radius 1 is 1.14 bits per heavy atom.